The van der Waals surface area contributed by atoms with Gasteiger partial charge in [0.15, 0.2) is 0 Å². The highest BCUT2D eigenvalue weighted by molar-refractivity contribution is 7.84. The summed E-state index contributed by atoms with van der Waals surface area (Å²) in [7, 11) is -1.92. The smallest absolute Gasteiger partial charge is 0.303 e. The van der Waals surface area contributed by atoms with Crippen LogP contribution in [0, 0.1) is 23.0 Å². The molecule has 0 spiro atoms. The summed E-state index contributed by atoms with van der Waals surface area (Å²) in [5.74, 6) is -2.13. The Morgan fingerprint density at radius 2 is 1.45 bits per heavy atom. The number of hydrogen-bond donors (Lipinski definition) is 0. The van der Waals surface area contributed by atoms with Gasteiger partial charge < -0.3 is 4.57 Å². The van der Waals surface area contributed by atoms with Crippen molar-refractivity contribution < 1.29 is 39.3 Å². The molecule has 0 saturated carbocycles. The lowest BCUT2D eigenvalue weighted by atomic mass is 9.98. The average Bonchev–Trinajstić information content (AvgIpc) is 3.02. The van der Waals surface area contributed by atoms with Crippen LogP contribution in [0.5, 0.6) is 0 Å². The quantitative estimate of drug-likeness (QED) is 0.163. The van der Waals surface area contributed by atoms with E-state index in [0.29, 0.717) is 22.3 Å². The number of halogens is 8. The minimum absolute atomic E-state index is 0.0661. The molecule has 1 heterocycles. The van der Waals surface area contributed by atoms with E-state index in [1.54, 1.807) is 30.3 Å². The van der Waals surface area contributed by atoms with E-state index in [4.69, 9.17) is 0 Å². The lowest BCUT2D eigenvalue weighted by Gasteiger charge is -2.19. The topological polar surface area (TPSA) is 62.9 Å². The van der Waals surface area contributed by atoms with Crippen molar-refractivity contribution in [1.82, 2.24) is 4.57 Å². The lowest BCUT2D eigenvalue weighted by molar-refractivity contribution is -0.138. The summed E-state index contributed by atoms with van der Waals surface area (Å²) in [4.78, 5) is 13.2. The van der Waals surface area contributed by atoms with Crippen LogP contribution in [0.2, 0.25) is 0 Å². The first kappa shape index (κ1) is 33.3. The van der Waals surface area contributed by atoms with E-state index in [1.807, 2.05) is 0 Å². The Morgan fingerprint density at radius 1 is 0.745 bits per heavy atom. The first-order chi connectivity index (χ1) is 22.2. The lowest BCUT2D eigenvalue weighted by Crippen LogP contribution is -2.29. The molecule has 1 atom stereocenters. The predicted octanol–water partition coefficient (Wildman–Crippen LogP) is 8.73. The zero-order valence-corrected chi connectivity index (χ0v) is 24.6. The van der Waals surface area contributed by atoms with Crippen LogP contribution in [0.15, 0.2) is 107 Å². The number of hydrogen-bond acceptors (Lipinski definition) is 3. The second kappa shape index (κ2) is 13.0. The molecule has 13 heteroatoms. The number of pyridine rings is 1. The van der Waals surface area contributed by atoms with E-state index in [9.17, 15) is 49.4 Å². The molecule has 1 aromatic heterocycles. The number of rotatable bonds is 7. The van der Waals surface area contributed by atoms with Crippen LogP contribution in [0.4, 0.5) is 35.1 Å². The molecule has 0 aliphatic rings. The van der Waals surface area contributed by atoms with Crippen LogP contribution >= 0.6 is 0 Å². The Kier molecular flexibility index (Phi) is 9.18. The van der Waals surface area contributed by atoms with Crippen LogP contribution < -0.4 is 5.56 Å². The first-order valence-electron chi connectivity index (χ1n) is 13.6. The monoisotopic (exact) mass is 672 g/mol. The number of aromatic nitrogens is 1. The number of nitrogens with zero attached hydrogens (tertiary/aromatic N) is 2. The Bertz CT molecular complexity index is 2100. The van der Waals surface area contributed by atoms with E-state index < -0.39 is 69.3 Å². The molecule has 5 rings (SSSR count). The second-order valence-corrected chi connectivity index (χ2v) is 11.8. The zero-order chi connectivity index (χ0) is 34.1. The van der Waals surface area contributed by atoms with Crippen molar-refractivity contribution in [2.75, 3.05) is 0 Å². The highest BCUT2D eigenvalue weighted by Gasteiger charge is 2.37. The van der Waals surface area contributed by atoms with Crippen molar-refractivity contribution >= 4 is 10.8 Å². The third kappa shape index (κ3) is 7.33. The van der Waals surface area contributed by atoms with Gasteiger partial charge in [0.05, 0.1) is 39.9 Å². The van der Waals surface area contributed by atoms with Gasteiger partial charge in [-0.3, -0.25) is 9.00 Å². The molecule has 47 heavy (non-hydrogen) atoms. The van der Waals surface area contributed by atoms with Gasteiger partial charge in [-0.15, -0.1) is 0 Å². The normalized spacial score (nSPS) is 12.5. The van der Waals surface area contributed by atoms with Gasteiger partial charge in [-0.25, -0.2) is 8.78 Å². The average molecular weight is 673 g/mol. The fourth-order valence-electron chi connectivity index (χ4n) is 4.92. The molecule has 5 aromatic rings. The van der Waals surface area contributed by atoms with Crippen molar-refractivity contribution in [2.45, 2.75) is 29.5 Å². The first-order valence-corrected chi connectivity index (χ1v) is 14.9. The van der Waals surface area contributed by atoms with Crippen LogP contribution in [0.25, 0.3) is 22.4 Å². The minimum atomic E-state index is -5.16. The zero-order valence-electron chi connectivity index (χ0n) is 23.8. The summed E-state index contributed by atoms with van der Waals surface area (Å²) in [6.45, 7) is -0.705. The molecule has 1 unspecified atom stereocenters. The summed E-state index contributed by atoms with van der Waals surface area (Å²) in [6, 6.07) is 20.6. The second-order valence-electron chi connectivity index (χ2n) is 10.4. The molecule has 0 radical (unpaired) electrons. The van der Waals surface area contributed by atoms with E-state index in [2.05, 4.69) is 0 Å². The Balaban J connectivity index is 1.69. The molecule has 4 aromatic carbocycles. The van der Waals surface area contributed by atoms with Crippen molar-refractivity contribution in [1.29, 1.82) is 5.26 Å². The molecule has 0 saturated heterocycles. The van der Waals surface area contributed by atoms with Crippen LogP contribution in [-0.4, -0.2) is 8.78 Å². The summed E-state index contributed by atoms with van der Waals surface area (Å²) in [6.07, 6.45) is -10.00. The maximum absolute atomic E-state index is 14.6. The maximum atomic E-state index is 14.6. The Hall–Kier alpha value is -5.09. The summed E-state index contributed by atoms with van der Waals surface area (Å²) in [5, 5.41) is 9.45. The van der Waals surface area contributed by atoms with Gasteiger partial charge in [-0.1, -0.05) is 54.6 Å². The van der Waals surface area contributed by atoms with E-state index in [0.717, 1.165) is 24.3 Å². The van der Waals surface area contributed by atoms with Gasteiger partial charge in [0.25, 0.3) is 5.56 Å². The highest BCUT2D eigenvalue weighted by atomic mass is 32.2. The van der Waals surface area contributed by atoms with E-state index in [1.165, 1.54) is 36.4 Å². The van der Waals surface area contributed by atoms with Gasteiger partial charge in [0, 0.05) is 16.5 Å². The van der Waals surface area contributed by atoms with Crippen molar-refractivity contribution in [3.05, 3.63) is 147 Å². The number of nitriles is 1. The Morgan fingerprint density at radius 3 is 2.09 bits per heavy atom. The Labute approximate surface area is 264 Å². The molecule has 0 fully saturated rings. The molecule has 0 aliphatic heterocycles. The predicted molar refractivity (Wildman–Crippen MR) is 158 cm³/mol. The molecule has 0 aliphatic carbocycles. The molecular weight excluding hydrogens is 652 g/mol. The maximum Gasteiger partial charge on any atom is 0.417 e. The van der Waals surface area contributed by atoms with Crippen molar-refractivity contribution in [3.63, 3.8) is 0 Å². The molecule has 0 bridgehead atoms. The molecule has 0 N–H and O–H groups in total. The van der Waals surface area contributed by atoms with E-state index >= 15 is 0 Å². The van der Waals surface area contributed by atoms with Gasteiger partial charge in [0.2, 0.25) is 0 Å². The van der Waals surface area contributed by atoms with Crippen LogP contribution in [0.1, 0.15) is 27.8 Å². The SMILES string of the molecule is N#Cc1c(C(F)(F)F)cc(-c2cccc(-c3cc(S(=O)Cc4ccccc4)cc(C(F)(F)F)c3)c2)n(Cc2ccc(F)cc2F)c1=O. The largest absolute Gasteiger partial charge is 0.417 e. The van der Waals surface area contributed by atoms with Crippen molar-refractivity contribution in [2.24, 2.45) is 0 Å². The molecular formula is C34H20F8N2O2S. The third-order valence-electron chi connectivity index (χ3n) is 7.19. The van der Waals surface area contributed by atoms with Gasteiger partial charge in [-0.2, -0.15) is 31.6 Å². The molecule has 240 valence electrons. The van der Waals surface area contributed by atoms with Crippen LogP contribution in [-0.2, 0) is 35.4 Å². The van der Waals surface area contributed by atoms with Gasteiger partial charge in [0.1, 0.15) is 23.3 Å². The fourth-order valence-corrected chi connectivity index (χ4v) is 6.10. The summed E-state index contributed by atoms with van der Waals surface area (Å²) >= 11 is 0. The number of benzene rings is 4. The molecule has 4 nitrogen and oxygen atoms in total. The van der Waals surface area contributed by atoms with Crippen molar-refractivity contribution in [3.8, 4) is 28.5 Å². The standard InChI is InChI=1S/C34H20F8N2O2S/c35-26-10-9-23(30(36)15-26)18-44-31(16-29(34(40,41)42)28(17-43)32(44)45)22-8-4-7-21(11-22)24-12-25(33(37,38)39)14-27(13-24)47(46)19-20-5-2-1-3-6-20/h1-16H,18-19H2. The number of alkyl halides is 6. The summed E-state index contributed by atoms with van der Waals surface area (Å²) in [5.41, 5.74) is -5.56. The van der Waals surface area contributed by atoms with E-state index in [-0.39, 0.29) is 32.9 Å². The van der Waals surface area contributed by atoms with Gasteiger partial charge in [-0.05, 0) is 58.7 Å². The highest BCUT2D eigenvalue weighted by Crippen LogP contribution is 2.37. The summed E-state index contributed by atoms with van der Waals surface area (Å²) < 4.78 is 126. The minimum Gasteiger partial charge on any atom is -0.303 e. The van der Waals surface area contributed by atoms with Gasteiger partial charge >= 0.3 is 12.4 Å². The van der Waals surface area contributed by atoms with Crippen LogP contribution in [0.3, 0.4) is 0 Å². The molecule has 0 amide bonds. The fraction of sp³-hybridized carbons (Fsp3) is 0.118. The third-order valence-corrected chi connectivity index (χ3v) is 8.55.